The number of likely N-dealkylation sites (N-methyl/N-ethyl adjacent to an activating group) is 1. The average molecular weight is 359 g/mol. The van der Waals surface area contributed by atoms with Gasteiger partial charge in [-0.15, -0.1) is 11.3 Å². The Kier molecular flexibility index (Phi) is 6.41. The summed E-state index contributed by atoms with van der Waals surface area (Å²) in [4.78, 5) is 18.9. The first kappa shape index (κ1) is 17.0. The van der Waals surface area contributed by atoms with E-state index in [9.17, 15) is 10.1 Å². The third kappa shape index (κ3) is 5.11. The van der Waals surface area contributed by atoms with Crippen LogP contribution in [0.25, 0.3) is 10.2 Å². The molecule has 0 aliphatic rings. The first-order valence-corrected chi connectivity index (χ1v) is 8.84. The van der Waals surface area contributed by atoms with Gasteiger partial charge < -0.3 is 5.32 Å². The predicted octanol–water partition coefficient (Wildman–Crippen LogP) is 3.33. The lowest BCUT2D eigenvalue weighted by atomic mass is 10.3. The minimum atomic E-state index is -0.383. The zero-order valence-electron chi connectivity index (χ0n) is 11.9. The fourth-order valence-corrected chi connectivity index (χ4v) is 3.86. The van der Waals surface area contributed by atoms with Crippen molar-refractivity contribution in [1.82, 2.24) is 10.3 Å². The number of nitrogens with zero attached hydrogens (tertiary/aromatic N) is 3. The number of aliphatic imine (C=N–C) groups is 1. The number of aromatic nitrogens is 1. The van der Waals surface area contributed by atoms with Gasteiger partial charge in [-0.25, -0.2) is 4.98 Å². The molecule has 6 nitrogen and oxygen atoms in total. The number of benzene rings is 1. The van der Waals surface area contributed by atoms with Crippen LogP contribution in [0.1, 0.15) is 6.92 Å². The van der Waals surface area contributed by atoms with E-state index in [1.807, 2.05) is 25.1 Å². The minimum absolute atomic E-state index is 0.266. The van der Waals surface area contributed by atoms with Crippen LogP contribution in [0.5, 0.6) is 0 Å². The summed E-state index contributed by atoms with van der Waals surface area (Å²) >= 11 is 9.14. The Morgan fingerprint density at radius 1 is 1.59 bits per heavy atom. The van der Waals surface area contributed by atoms with Gasteiger partial charge in [-0.05, 0) is 25.1 Å². The van der Waals surface area contributed by atoms with Crippen molar-refractivity contribution in [3.63, 3.8) is 0 Å². The van der Waals surface area contributed by atoms with Crippen molar-refractivity contribution in [3.05, 3.63) is 33.3 Å². The van der Waals surface area contributed by atoms with Gasteiger partial charge in [0, 0.05) is 22.2 Å². The normalized spacial score (nSPS) is 11.8. The monoisotopic (exact) mass is 358 g/mol. The summed E-state index contributed by atoms with van der Waals surface area (Å²) in [6.45, 7) is 2.75. The van der Waals surface area contributed by atoms with Gasteiger partial charge in [0.2, 0.25) is 0 Å². The Labute approximate surface area is 141 Å². The molecule has 1 heterocycles. The predicted molar refractivity (Wildman–Crippen MR) is 93.2 cm³/mol. The largest absolute Gasteiger partial charge is 0.369 e. The van der Waals surface area contributed by atoms with Crippen LogP contribution in [-0.4, -0.2) is 41.1 Å². The number of nitro groups is 1. The molecule has 0 aliphatic carbocycles. The van der Waals surface area contributed by atoms with Gasteiger partial charge in [0.15, 0.2) is 10.2 Å². The van der Waals surface area contributed by atoms with E-state index in [4.69, 9.17) is 11.6 Å². The summed E-state index contributed by atoms with van der Waals surface area (Å²) in [7, 11) is 0. The van der Waals surface area contributed by atoms with E-state index in [1.54, 1.807) is 23.1 Å². The minimum Gasteiger partial charge on any atom is -0.369 e. The number of thioether (sulfide) groups is 1. The molecule has 118 valence electrons. The Morgan fingerprint density at radius 3 is 3.14 bits per heavy atom. The first-order chi connectivity index (χ1) is 10.6. The number of rotatable bonds is 7. The molecule has 22 heavy (non-hydrogen) atoms. The third-order valence-electron chi connectivity index (χ3n) is 2.61. The molecule has 0 spiro atoms. The summed E-state index contributed by atoms with van der Waals surface area (Å²) < 4.78 is 2.05. The Bertz CT molecular complexity index is 690. The molecule has 1 aromatic heterocycles. The van der Waals surface area contributed by atoms with Crippen molar-refractivity contribution in [2.24, 2.45) is 4.99 Å². The quantitative estimate of drug-likeness (QED) is 0.205. The molecule has 1 N–H and O–H groups in total. The highest BCUT2D eigenvalue weighted by molar-refractivity contribution is 8.01. The maximum atomic E-state index is 10.5. The van der Waals surface area contributed by atoms with Crippen molar-refractivity contribution in [2.45, 2.75) is 11.3 Å². The van der Waals surface area contributed by atoms with E-state index in [-0.39, 0.29) is 11.5 Å². The Balaban J connectivity index is 1.89. The van der Waals surface area contributed by atoms with Crippen LogP contribution in [0.3, 0.4) is 0 Å². The van der Waals surface area contributed by atoms with Gasteiger partial charge >= 0.3 is 0 Å². The molecule has 9 heteroatoms. The second-order valence-corrected chi connectivity index (χ2v) is 7.10. The molecule has 0 unspecified atom stereocenters. The highest BCUT2D eigenvalue weighted by atomic mass is 35.5. The number of hydrogen-bond acceptors (Lipinski definition) is 6. The number of amidine groups is 1. The molecule has 0 saturated heterocycles. The van der Waals surface area contributed by atoms with Gasteiger partial charge in [-0.3, -0.25) is 15.1 Å². The molecule has 0 radical (unpaired) electrons. The van der Waals surface area contributed by atoms with E-state index >= 15 is 0 Å². The summed E-state index contributed by atoms with van der Waals surface area (Å²) in [6, 6.07) is 5.65. The number of thiazole rings is 1. The van der Waals surface area contributed by atoms with Gasteiger partial charge in [0.05, 0.1) is 16.8 Å². The fourth-order valence-electron chi connectivity index (χ4n) is 1.74. The van der Waals surface area contributed by atoms with Crippen LogP contribution in [-0.2, 0) is 0 Å². The SMILES string of the molecule is CCNC(C[N+](=O)[O-])=NCCSc1nc2cc(Cl)ccc2s1. The fraction of sp³-hybridized carbons (Fsp3) is 0.385. The van der Waals surface area contributed by atoms with Crippen molar-refractivity contribution < 1.29 is 4.92 Å². The maximum absolute atomic E-state index is 10.5. The smallest absolute Gasteiger partial charge is 0.259 e. The summed E-state index contributed by atoms with van der Waals surface area (Å²) in [5, 5.41) is 14.1. The number of nitrogens with one attached hydrogen (secondary N) is 1. The molecular formula is C13H15ClN4O2S2. The first-order valence-electron chi connectivity index (χ1n) is 6.66. The van der Waals surface area contributed by atoms with Crippen LogP contribution in [0, 0.1) is 10.1 Å². The second kappa shape index (κ2) is 8.30. The van der Waals surface area contributed by atoms with Crippen LogP contribution in [0.15, 0.2) is 27.5 Å². The van der Waals surface area contributed by atoms with Gasteiger partial charge in [-0.2, -0.15) is 0 Å². The van der Waals surface area contributed by atoms with Gasteiger partial charge in [-0.1, -0.05) is 23.4 Å². The van der Waals surface area contributed by atoms with Crippen molar-refractivity contribution in [1.29, 1.82) is 0 Å². The van der Waals surface area contributed by atoms with Gasteiger partial charge in [0.1, 0.15) is 0 Å². The van der Waals surface area contributed by atoms with E-state index in [0.717, 1.165) is 20.3 Å². The maximum Gasteiger partial charge on any atom is 0.259 e. The molecular weight excluding hydrogens is 344 g/mol. The molecule has 0 amide bonds. The number of hydrogen-bond donors (Lipinski definition) is 1. The molecule has 0 aliphatic heterocycles. The second-order valence-electron chi connectivity index (χ2n) is 4.29. The van der Waals surface area contributed by atoms with Crippen molar-refractivity contribution >= 4 is 50.8 Å². The highest BCUT2D eigenvalue weighted by Crippen LogP contribution is 2.30. The zero-order chi connectivity index (χ0) is 15.9. The average Bonchev–Trinajstić information content (AvgIpc) is 2.85. The lowest BCUT2D eigenvalue weighted by molar-refractivity contribution is -0.463. The highest BCUT2D eigenvalue weighted by Gasteiger charge is 2.07. The molecule has 0 bridgehead atoms. The lowest BCUT2D eigenvalue weighted by Crippen LogP contribution is -2.30. The van der Waals surface area contributed by atoms with Crippen molar-refractivity contribution in [2.75, 3.05) is 25.4 Å². The van der Waals surface area contributed by atoms with Crippen LogP contribution in [0.2, 0.25) is 5.02 Å². The Morgan fingerprint density at radius 2 is 2.41 bits per heavy atom. The molecule has 2 aromatic rings. The topological polar surface area (TPSA) is 80.4 Å². The number of halogens is 1. The third-order valence-corrected chi connectivity index (χ3v) is 5.00. The van der Waals surface area contributed by atoms with Gasteiger partial charge in [0.25, 0.3) is 6.54 Å². The summed E-state index contributed by atoms with van der Waals surface area (Å²) in [5.74, 6) is 1.14. The molecule has 2 rings (SSSR count). The molecule has 0 saturated carbocycles. The summed E-state index contributed by atoms with van der Waals surface area (Å²) in [6.07, 6.45) is 0. The van der Waals surface area contributed by atoms with Crippen LogP contribution >= 0.6 is 34.7 Å². The van der Waals surface area contributed by atoms with Crippen LogP contribution < -0.4 is 5.32 Å². The van der Waals surface area contributed by atoms with E-state index < -0.39 is 0 Å². The lowest BCUT2D eigenvalue weighted by Gasteiger charge is -2.03. The Hall–Kier alpha value is -1.38. The standard InChI is InChI=1S/C13H15ClN4O2S2/c1-2-15-12(8-18(19)20)16-5-6-21-13-17-10-7-9(14)3-4-11(10)22-13/h3-4,7H,2,5-6,8H2,1H3,(H,15,16). The molecule has 0 atom stereocenters. The van der Waals surface area contributed by atoms with E-state index in [0.29, 0.717) is 23.9 Å². The summed E-state index contributed by atoms with van der Waals surface area (Å²) in [5.41, 5.74) is 0.894. The molecule has 0 fully saturated rings. The van der Waals surface area contributed by atoms with E-state index in [2.05, 4.69) is 15.3 Å². The molecule has 1 aromatic carbocycles. The van der Waals surface area contributed by atoms with Crippen LogP contribution in [0.4, 0.5) is 0 Å². The van der Waals surface area contributed by atoms with E-state index in [1.165, 1.54) is 0 Å². The van der Waals surface area contributed by atoms with Crippen molar-refractivity contribution in [3.8, 4) is 0 Å². The zero-order valence-corrected chi connectivity index (χ0v) is 14.3. The number of fused-ring (bicyclic) bond motifs is 1.